The van der Waals surface area contributed by atoms with Gasteiger partial charge < -0.3 is 15.0 Å². The smallest absolute Gasteiger partial charge is 0.223 e. The zero-order chi connectivity index (χ0) is 18.6. The van der Waals surface area contributed by atoms with Gasteiger partial charge in [0.2, 0.25) is 5.91 Å². The fourth-order valence-corrected chi connectivity index (χ4v) is 3.73. The van der Waals surface area contributed by atoms with Crippen LogP contribution in [0.1, 0.15) is 18.7 Å². The van der Waals surface area contributed by atoms with Crippen LogP contribution >= 0.6 is 0 Å². The molecule has 4 rings (SSSR count). The SMILES string of the molecule is Cc1nnc2ccc(N3CCC(C(=O)NCCN4CCOCC4)CC3)nn12. The van der Waals surface area contributed by atoms with Crippen molar-refractivity contribution in [1.82, 2.24) is 30.0 Å². The molecule has 0 radical (unpaired) electrons. The molecule has 9 nitrogen and oxygen atoms in total. The van der Waals surface area contributed by atoms with E-state index in [0.29, 0.717) is 6.54 Å². The van der Waals surface area contributed by atoms with Gasteiger partial charge in [-0.2, -0.15) is 4.52 Å². The van der Waals surface area contributed by atoms with Crippen LogP contribution in [0, 0.1) is 12.8 Å². The molecule has 0 aromatic carbocycles. The summed E-state index contributed by atoms with van der Waals surface area (Å²) < 4.78 is 7.11. The molecule has 1 amide bonds. The molecule has 2 fully saturated rings. The van der Waals surface area contributed by atoms with Crippen molar-refractivity contribution in [2.75, 3.05) is 57.4 Å². The molecule has 146 valence electrons. The van der Waals surface area contributed by atoms with E-state index in [9.17, 15) is 4.79 Å². The van der Waals surface area contributed by atoms with Crippen LogP contribution in [0.4, 0.5) is 5.82 Å². The van der Waals surface area contributed by atoms with E-state index in [1.54, 1.807) is 4.52 Å². The largest absolute Gasteiger partial charge is 0.379 e. The second-order valence-corrected chi connectivity index (χ2v) is 7.22. The monoisotopic (exact) mass is 373 g/mol. The maximum Gasteiger partial charge on any atom is 0.223 e. The topological polar surface area (TPSA) is 87.9 Å². The maximum atomic E-state index is 12.5. The highest BCUT2D eigenvalue weighted by Gasteiger charge is 2.26. The summed E-state index contributed by atoms with van der Waals surface area (Å²) in [7, 11) is 0. The van der Waals surface area contributed by atoms with E-state index >= 15 is 0 Å². The highest BCUT2D eigenvalue weighted by molar-refractivity contribution is 5.79. The fraction of sp³-hybridized carbons (Fsp3) is 0.667. The molecule has 2 aliphatic heterocycles. The van der Waals surface area contributed by atoms with Gasteiger partial charge in [-0.1, -0.05) is 0 Å². The lowest BCUT2D eigenvalue weighted by Gasteiger charge is -2.32. The van der Waals surface area contributed by atoms with Gasteiger partial charge in [-0.3, -0.25) is 9.69 Å². The van der Waals surface area contributed by atoms with Crippen LogP contribution in [0.5, 0.6) is 0 Å². The van der Waals surface area contributed by atoms with Gasteiger partial charge in [0.05, 0.1) is 13.2 Å². The lowest BCUT2D eigenvalue weighted by Crippen LogP contribution is -2.44. The molecule has 0 unspecified atom stereocenters. The van der Waals surface area contributed by atoms with Crippen LogP contribution in [0.25, 0.3) is 5.65 Å². The maximum absolute atomic E-state index is 12.5. The van der Waals surface area contributed by atoms with Crippen LogP contribution < -0.4 is 10.2 Å². The second-order valence-electron chi connectivity index (χ2n) is 7.22. The highest BCUT2D eigenvalue weighted by atomic mass is 16.5. The number of rotatable bonds is 5. The van der Waals surface area contributed by atoms with E-state index < -0.39 is 0 Å². The predicted octanol–water partition coefficient (Wildman–Crippen LogP) is 0.0975. The summed E-state index contributed by atoms with van der Waals surface area (Å²) in [5.41, 5.74) is 0.755. The number of amides is 1. The van der Waals surface area contributed by atoms with Crippen molar-refractivity contribution in [2.24, 2.45) is 5.92 Å². The van der Waals surface area contributed by atoms with Gasteiger partial charge in [0.25, 0.3) is 0 Å². The van der Waals surface area contributed by atoms with Crippen LogP contribution in [0.3, 0.4) is 0 Å². The molecule has 2 saturated heterocycles. The first-order valence-electron chi connectivity index (χ1n) is 9.72. The number of morpholine rings is 1. The van der Waals surface area contributed by atoms with Crippen molar-refractivity contribution in [3.05, 3.63) is 18.0 Å². The Bertz CT molecular complexity index is 779. The minimum absolute atomic E-state index is 0.0892. The number of carbonyl (C=O) groups is 1. The van der Waals surface area contributed by atoms with Gasteiger partial charge in [-0.15, -0.1) is 15.3 Å². The summed E-state index contributed by atoms with van der Waals surface area (Å²) in [4.78, 5) is 17.0. The van der Waals surface area contributed by atoms with Crippen LogP contribution in [-0.4, -0.2) is 83.1 Å². The number of piperidine rings is 1. The summed E-state index contributed by atoms with van der Waals surface area (Å²) >= 11 is 0. The number of ether oxygens (including phenoxy) is 1. The minimum atomic E-state index is 0.0892. The molecule has 0 spiro atoms. The summed E-state index contributed by atoms with van der Waals surface area (Å²) in [6.07, 6.45) is 1.70. The van der Waals surface area contributed by atoms with Crippen LogP contribution in [0.2, 0.25) is 0 Å². The number of anilines is 1. The van der Waals surface area contributed by atoms with Gasteiger partial charge in [0.15, 0.2) is 11.5 Å². The number of aryl methyl sites for hydroxylation is 1. The van der Waals surface area contributed by atoms with Crippen molar-refractivity contribution in [2.45, 2.75) is 19.8 Å². The van der Waals surface area contributed by atoms with Crippen LogP contribution in [-0.2, 0) is 9.53 Å². The Morgan fingerprint density at radius 3 is 2.74 bits per heavy atom. The van der Waals surface area contributed by atoms with Crippen molar-refractivity contribution in [3.8, 4) is 0 Å². The van der Waals surface area contributed by atoms with Gasteiger partial charge in [0.1, 0.15) is 5.82 Å². The lowest BCUT2D eigenvalue weighted by molar-refractivity contribution is -0.125. The molecule has 2 aromatic rings. The minimum Gasteiger partial charge on any atom is -0.379 e. The van der Waals surface area contributed by atoms with Crippen molar-refractivity contribution < 1.29 is 9.53 Å². The van der Waals surface area contributed by atoms with Crippen molar-refractivity contribution in [3.63, 3.8) is 0 Å². The Morgan fingerprint density at radius 1 is 1.19 bits per heavy atom. The Balaban J connectivity index is 1.25. The molecule has 4 heterocycles. The van der Waals surface area contributed by atoms with Gasteiger partial charge in [0, 0.05) is 45.2 Å². The summed E-state index contributed by atoms with van der Waals surface area (Å²) in [5.74, 6) is 1.96. The Hall–Kier alpha value is -2.26. The van der Waals surface area contributed by atoms with Crippen molar-refractivity contribution >= 4 is 17.4 Å². The average Bonchev–Trinajstić information content (AvgIpc) is 3.09. The van der Waals surface area contributed by atoms with E-state index in [2.05, 4.69) is 30.4 Å². The molecule has 0 aliphatic carbocycles. The number of hydrogen-bond donors (Lipinski definition) is 1. The second kappa shape index (κ2) is 8.18. The summed E-state index contributed by atoms with van der Waals surface area (Å²) in [6, 6.07) is 3.92. The predicted molar refractivity (Wildman–Crippen MR) is 101 cm³/mol. The molecule has 2 aliphatic rings. The van der Waals surface area contributed by atoms with E-state index in [0.717, 1.165) is 76.1 Å². The van der Waals surface area contributed by atoms with E-state index in [-0.39, 0.29) is 11.8 Å². The number of aromatic nitrogens is 4. The third-order valence-corrected chi connectivity index (χ3v) is 5.43. The number of fused-ring (bicyclic) bond motifs is 1. The third-order valence-electron chi connectivity index (χ3n) is 5.43. The van der Waals surface area contributed by atoms with Gasteiger partial charge >= 0.3 is 0 Å². The van der Waals surface area contributed by atoms with E-state index in [1.165, 1.54) is 0 Å². The normalized spacial score (nSPS) is 19.5. The van der Waals surface area contributed by atoms with E-state index in [4.69, 9.17) is 4.74 Å². The molecular weight excluding hydrogens is 346 g/mol. The van der Waals surface area contributed by atoms with Crippen LogP contribution in [0.15, 0.2) is 12.1 Å². The summed E-state index contributed by atoms with van der Waals surface area (Å²) in [6.45, 7) is 8.67. The molecule has 27 heavy (non-hydrogen) atoms. The number of hydrogen-bond acceptors (Lipinski definition) is 7. The Morgan fingerprint density at radius 2 is 1.96 bits per heavy atom. The Labute approximate surface area is 158 Å². The molecule has 0 atom stereocenters. The molecule has 2 aromatic heterocycles. The first-order valence-corrected chi connectivity index (χ1v) is 9.72. The van der Waals surface area contributed by atoms with Crippen molar-refractivity contribution in [1.29, 1.82) is 0 Å². The zero-order valence-electron chi connectivity index (χ0n) is 15.8. The lowest BCUT2D eigenvalue weighted by atomic mass is 9.96. The Kier molecular flexibility index (Phi) is 5.49. The fourth-order valence-electron chi connectivity index (χ4n) is 3.73. The quantitative estimate of drug-likeness (QED) is 0.795. The van der Waals surface area contributed by atoms with E-state index in [1.807, 2.05) is 19.1 Å². The standard InChI is InChI=1S/C18H27N7O2/c1-14-20-21-16-2-3-17(22-25(14)16)24-7-4-15(5-8-24)18(26)19-6-9-23-10-12-27-13-11-23/h2-3,15H,4-13H2,1H3,(H,19,26). The molecule has 0 bridgehead atoms. The first-order chi connectivity index (χ1) is 13.2. The first kappa shape index (κ1) is 18.1. The zero-order valence-corrected chi connectivity index (χ0v) is 15.8. The molecule has 0 saturated carbocycles. The summed E-state index contributed by atoms with van der Waals surface area (Å²) in [5, 5.41) is 15.9. The molecule has 9 heteroatoms. The number of carbonyl (C=O) groups excluding carboxylic acids is 1. The average molecular weight is 373 g/mol. The third kappa shape index (κ3) is 4.19. The number of nitrogens with zero attached hydrogens (tertiary/aromatic N) is 6. The highest BCUT2D eigenvalue weighted by Crippen LogP contribution is 2.22. The van der Waals surface area contributed by atoms with Gasteiger partial charge in [-0.05, 0) is 31.9 Å². The molecule has 1 N–H and O–H groups in total. The van der Waals surface area contributed by atoms with Gasteiger partial charge in [-0.25, -0.2) is 0 Å². The molecular formula is C18H27N7O2. The number of nitrogens with one attached hydrogen (secondary N) is 1.